The zero-order chi connectivity index (χ0) is 18.9. The molecule has 132 valence electrons. The Bertz CT molecular complexity index is 876. The van der Waals surface area contributed by atoms with Crippen LogP contribution in [-0.4, -0.2) is 39.8 Å². The first-order chi connectivity index (χ1) is 11.8. The van der Waals surface area contributed by atoms with Crippen molar-refractivity contribution in [2.75, 3.05) is 25.0 Å². The van der Waals surface area contributed by atoms with Crippen LogP contribution in [0.4, 0.5) is 5.82 Å². The Balaban J connectivity index is 2.82. The lowest BCUT2D eigenvalue weighted by atomic mass is 10.0. The Morgan fingerprint density at radius 3 is 2.32 bits per heavy atom. The fourth-order valence-electron chi connectivity index (χ4n) is 2.79. The number of nitrogens with zero attached hydrogens (tertiary/aromatic N) is 4. The first kappa shape index (κ1) is 19.2. The van der Waals surface area contributed by atoms with Crippen molar-refractivity contribution in [3.8, 4) is 6.07 Å². The average molecular weight is 377 g/mol. The number of amides is 1. The molecule has 1 saturated heterocycles. The van der Waals surface area contributed by atoms with Crippen molar-refractivity contribution in [2.24, 2.45) is 7.05 Å². The summed E-state index contributed by atoms with van der Waals surface area (Å²) in [7, 11) is 3.29. The predicted octanol–water partition coefficient (Wildman–Crippen LogP) is 2.24. The van der Waals surface area contributed by atoms with Gasteiger partial charge in [0.2, 0.25) is 0 Å². The second-order valence-electron chi connectivity index (χ2n) is 5.63. The van der Waals surface area contributed by atoms with Crippen LogP contribution in [0, 0.1) is 18.3 Å². The number of pyridine rings is 1. The number of likely N-dealkylation sites (N-methyl/N-ethyl adjacent to an activating group) is 1. The maximum Gasteiger partial charge on any atom is 0.270 e. The van der Waals surface area contributed by atoms with E-state index in [1.54, 1.807) is 27.1 Å². The minimum absolute atomic E-state index is 0.0941. The van der Waals surface area contributed by atoms with Crippen molar-refractivity contribution < 1.29 is 4.79 Å². The molecule has 1 aliphatic rings. The summed E-state index contributed by atoms with van der Waals surface area (Å²) < 4.78 is 1.97. The molecular weight excluding hydrogens is 356 g/mol. The van der Waals surface area contributed by atoms with Gasteiger partial charge in [0.15, 0.2) is 0 Å². The van der Waals surface area contributed by atoms with Gasteiger partial charge in [-0.25, -0.2) is 0 Å². The summed E-state index contributed by atoms with van der Waals surface area (Å²) >= 11 is 6.40. The molecule has 1 aliphatic heterocycles. The summed E-state index contributed by atoms with van der Waals surface area (Å²) in [6.07, 6.45) is 1.74. The molecule has 0 atom stereocenters. The van der Waals surface area contributed by atoms with Crippen molar-refractivity contribution in [1.82, 2.24) is 9.47 Å². The van der Waals surface area contributed by atoms with Crippen molar-refractivity contribution in [3.05, 3.63) is 31.9 Å². The molecule has 2 rings (SSSR count). The molecule has 0 aromatic carbocycles. The number of rotatable bonds is 4. The van der Waals surface area contributed by atoms with Gasteiger partial charge >= 0.3 is 0 Å². The number of carbonyl (C=O) groups excluding carboxylic acids is 1. The first-order valence-electron chi connectivity index (χ1n) is 7.88. The topological polar surface area (TPSA) is 69.3 Å². The van der Waals surface area contributed by atoms with Gasteiger partial charge in [-0.05, 0) is 32.4 Å². The quantitative estimate of drug-likeness (QED) is 0.593. The van der Waals surface area contributed by atoms with Crippen LogP contribution in [0.25, 0.3) is 6.08 Å². The molecule has 1 aromatic heterocycles. The van der Waals surface area contributed by atoms with Gasteiger partial charge < -0.3 is 4.90 Å². The number of anilines is 1. The summed E-state index contributed by atoms with van der Waals surface area (Å²) in [4.78, 5) is 28.8. The summed E-state index contributed by atoms with van der Waals surface area (Å²) in [5.41, 5.74) is 1.05. The lowest BCUT2D eigenvalue weighted by Crippen LogP contribution is -2.33. The van der Waals surface area contributed by atoms with Crippen LogP contribution >= 0.6 is 24.0 Å². The van der Waals surface area contributed by atoms with Gasteiger partial charge in [0.25, 0.3) is 11.5 Å². The Hall–Kier alpha value is -2.11. The minimum atomic E-state index is -0.331. The van der Waals surface area contributed by atoms with E-state index >= 15 is 0 Å². The fraction of sp³-hybridized carbons (Fsp3) is 0.412. The monoisotopic (exact) mass is 376 g/mol. The number of carbonyl (C=O) groups is 1. The number of hydrogen-bond donors (Lipinski definition) is 0. The number of nitriles is 1. The fourth-order valence-corrected chi connectivity index (χ4v) is 3.96. The third-order valence-electron chi connectivity index (χ3n) is 4.29. The highest BCUT2D eigenvalue weighted by molar-refractivity contribution is 8.26. The van der Waals surface area contributed by atoms with Crippen molar-refractivity contribution >= 4 is 46.1 Å². The normalized spacial score (nSPS) is 15.8. The van der Waals surface area contributed by atoms with E-state index in [4.69, 9.17) is 12.2 Å². The minimum Gasteiger partial charge on any atom is -0.358 e. The number of thiocarbonyl (C=S) groups is 1. The Morgan fingerprint density at radius 2 is 1.88 bits per heavy atom. The van der Waals surface area contributed by atoms with Crippen LogP contribution < -0.4 is 10.5 Å². The highest BCUT2D eigenvalue weighted by Gasteiger charge is 2.30. The summed E-state index contributed by atoms with van der Waals surface area (Å²) in [5, 5.41) is 9.39. The summed E-state index contributed by atoms with van der Waals surface area (Å²) in [6, 6.07) is 1.99. The van der Waals surface area contributed by atoms with Crippen LogP contribution in [-0.2, 0) is 11.8 Å². The van der Waals surface area contributed by atoms with Crippen LogP contribution in [0.3, 0.4) is 0 Å². The molecule has 0 aliphatic carbocycles. The molecule has 1 amide bonds. The number of aromatic nitrogens is 1. The van der Waals surface area contributed by atoms with Crippen molar-refractivity contribution in [1.29, 1.82) is 5.26 Å². The molecule has 0 bridgehead atoms. The predicted molar refractivity (Wildman–Crippen MR) is 106 cm³/mol. The second-order valence-corrected chi connectivity index (χ2v) is 7.30. The molecule has 8 heteroatoms. The van der Waals surface area contributed by atoms with E-state index in [1.807, 2.05) is 24.8 Å². The molecule has 2 heterocycles. The van der Waals surface area contributed by atoms with Crippen LogP contribution in [0.2, 0.25) is 0 Å². The van der Waals surface area contributed by atoms with Gasteiger partial charge in [-0.3, -0.25) is 19.1 Å². The van der Waals surface area contributed by atoms with Crippen molar-refractivity contribution in [3.63, 3.8) is 0 Å². The molecule has 1 aromatic rings. The van der Waals surface area contributed by atoms with E-state index in [-0.39, 0.29) is 17.0 Å². The van der Waals surface area contributed by atoms with Gasteiger partial charge in [-0.2, -0.15) is 5.26 Å². The molecule has 0 saturated carbocycles. The van der Waals surface area contributed by atoms with E-state index < -0.39 is 0 Å². The first-order valence-corrected chi connectivity index (χ1v) is 9.11. The molecular formula is C17H20N4O2S2. The third-order valence-corrected chi connectivity index (χ3v) is 5.78. The Kier molecular flexibility index (Phi) is 5.70. The molecule has 25 heavy (non-hydrogen) atoms. The van der Waals surface area contributed by atoms with Crippen molar-refractivity contribution in [2.45, 2.75) is 20.8 Å². The van der Waals surface area contributed by atoms with E-state index in [1.165, 1.54) is 21.2 Å². The SMILES string of the molecule is CCN(CC)c1c(C=C2SC(=S)N(C)C2=O)c(C)c(C#N)c(=O)n1C. The Labute approximate surface area is 156 Å². The maximum absolute atomic E-state index is 12.5. The van der Waals surface area contributed by atoms with Gasteiger partial charge in [-0.15, -0.1) is 0 Å². The lowest BCUT2D eigenvalue weighted by Gasteiger charge is -2.27. The average Bonchev–Trinajstić information content (AvgIpc) is 2.83. The second kappa shape index (κ2) is 7.42. The largest absolute Gasteiger partial charge is 0.358 e. The lowest BCUT2D eigenvalue weighted by molar-refractivity contribution is -0.121. The highest BCUT2D eigenvalue weighted by atomic mass is 32.2. The summed E-state index contributed by atoms with van der Waals surface area (Å²) in [5.74, 6) is 0.528. The summed E-state index contributed by atoms with van der Waals surface area (Å²) in [6.45, 7) is 7.13. The van der Waals surface area contributed by atoms with E-state index in [2.05, 4.69) is 0 Å². The standard InChI is InChI=1S/C17H20N4O2S2/c1-6-21(7-2)14-11(8-13-16(23)20(5)17(24)25-13)10(3)12(9-18)15(22)19(14)4/h8H,6-7H2,1-5H3. The molecule has 0 radical (unpaired) electrons. The van der Waals surface area contributed by atoms with Crippen LogP contribution in [0.1, 0.15) is 30.5 Å². The highest BCUT2D eigenvalue weighted by Crippen LogP contribution is 2.34. The van der Waals surface area contributed by atoms with Gasteiger partial charge in [0, 0.05) is 32.7 Å². The zero-order valence-electron chi connectivity index (χ0n) is 14.9. The van der Waals surface area contributed by atoms with Crippen LogP contribution in [0.15, 0.2) is 9.70 Å². The van der Waals surface area contributed by atoms with Gasteiger partial charge in [0.1, 0.15) is 21.8 Å². The molecule has 0 unspecified atom stereocenters. The van der Waals surface area contributed by atoms with E-state index in [0.717, 1.165) is 0 Å². The number of thioether (sulfide) groups is 1. The molecule has 6 nitrogen and oxygen atoms in total. The number of hydrogen-bond acceptors (Lipinski definition) is 6. The Morgan fingerprint density at radius 1 is 1.28 bits per heavy atom. The molecule has 1 fully saturated rings. The van der Waals surface area contributed by atoms with E-state index in [0.29, 0.717) is 39.3 Å². The van der Waals surface area contributed by atoms with Gasteiger partial charge in [-0.1, -0.05) is 24.0 Å². The van der Waals surface area contributed by atoms with Gasteiger partial charge in [0.05, 0.1) is 4.91 Å². The third kappa shape index (κ3) is 3.22. The molecule has 0 spiro atoms. The molecule has 0 N–H and O–H groups in total. The smallest absolute Gasteiger partial charge is 0.270 e. The maximum atomic E-state index is 12.5. The zero-order valence-corrected chi connectivity index (χ0v) is 16.5. The van der Waals surface area contributed by atoms with E-state index in [9.17, 15) is 14.9 Å². The van der Waals surface area contributed by atoms with Crippen LogP contribution in [0.5, 0.6) is 0 Å².